The van der Waals surface area contributed by atoms with Crippen LogP contribution in [0.15, 0.2) is 6.20 Å². The molecule has 4 nitrogen and oxygen atoms in total. The lowest BCUT2D eigenvalue weighted by atomic mass is 10.3. The highest BCUT2D eigenvalue weighted by atomic mass is 32.1. The van der Waals surface area contributed by atoms with Gasteiger partial charge in [-0.25, -0.2) is 4.98 Å². The van der Waals surface area contributed by atoms with Gasteiger partial charge in [-0.15, -0.1) is 11.3 Å². The molecule has 1 aromatic heterocycles. The van der Waals surface area contributed by atoms with E-state index in [4.69, 9.17) is 5.73 Å². The van der Waals surface area contributed by atoms with E-state index in [2.05, 4.69) is 4.98 Å². The van der Waals surface area contributed by atoms with Crippen molar-refractivity contribution in [3.8, 4) is 0 Å². The third-order valence-corrected chi connectivity index (χ3v) is 3.18. The van der Waals surface area contributed by atoms with E-state index in [1.54, 1.807) is 6.20 Å². The summed E-state index contributed by atoms with van der Waals surface area (Å²) >= 11 is 1.39. The number of hydrogen-bond donors (Lipinski definition) is 1. The molecule has 5 heteroatoms. The molecule has 1 amide bonds. The van der Waals surface area contributed by atoms with Gasteiger partial charge >= 0.3 is 0 Å². The molecule has 0 bridgehead atoms. The summed E-state index contributed by atoms with van der Waals surface area (Å²) in [5.41, 5.74) is 5.49. The Bertz CT molecular complexity index is 331. The second-order valence-electron chi connectivity index (χ2n) is 3.43. The summed E-state index contributed by atoms with van der Waals surface area (Å²) in [6, 6.07) is 0. The van der Waals surface area contributed by atoms with E-state index in [0.29, 0.717) is 11.6 Å². The first-order chi connectivity index (χ1) is 6.75. The van der Waals surface area contributed by atoms with E-state index >= 15 is 0 Å². The predicted molar refractivity (Wildman–Crippen MR) is 56.0 cm³/mol. The maximum absolute atomic E-state index is 11.7. The Hall–Kier alpha value is -1.10. The van der Waals surface area contributed by atoms with Crippen molar-refractivity contribution in [2.75, 3.05) is 18.8 Å². The molecular weight excluding hydrogens is 198 g/mol. The SMILES string of the molecule is Nc1ncc(CC(=O)N2CCCC2)s1. The van der Waals surface area contributed by atoms with E-state index in [0.717, 1.165) is 30.8 Å². The van der Waals surface area contributed by atoms with Crippen molar-refractivity contribution in [1.82, 2.24) is 9.88 Å². The molecule has 1 aliphatic heterocycles. The van der Waals surface area contributed by atoms with Gasteiger partial charge in [0.1, 0.15) is 0 Å². The van der Waals surface area contributed by atoms with Gasteiger partial charge < -0.3 is 10.6 Å². The minimum atomic E-state index is 0.200. The van der Waals surface area contributed by atoms with Gasteiger partial charge in [-0.3, -0.25) is 4.79 Å². The zero-order chi connectivity index (χ0) is 9.97. The third kappa shape index (κ3) is 2.04. The number of anilines is 1. The lowest BCUT2D eigenvalue weighted by molar-refractivity contribution is -0.129. The van der Waals surface area contributed by atoms with Crippen LogP contribution in [0.3, 0.4) is 0 Å². The van der Waals surface area contributed by atoms with Crippen molar-refractivity contribution < 1.29 is 4.79 Å². The average Bonchev–Trinajstić information content (AvgIpc) is 2.75. The lowest BCUT2D eigenvalue weighted by Gasteiger charge is -2.13. The molecule has 0 saturated carbocycles. The Morgan fingerprint density at radius 1 is 1.57 bits per heavy atom. The zero-order valence-corrected chi connectivity index (χ0v) is 8.72. The van der Waals surface area contributed by atoms with Crippen LogP contribution in [-0.4, -0.2) is 28.9 Å². The molecule has 2 rings (SSSR count). The van der Waals surface area contributed by atoms with Crippen molar-refractivity contribution in [2.24, 2.45) is 0 Å². The second-order valence-corrected chi connectivity index (χ2v) is 4.58. The molecular formula is C9H13N3OS. The van der Waals surface area contributed by atoms with Gasteiger partial charge in [-0.1, -0.05) is 0 Å². The number of nitrogen functional groups attached to an aromatic ring is 1. The normalized spacial score (nSPS) is 16.1. The quantitative estimate of drug-likeness (QED) is 0.790. The molecule has 2 N–H and O–H groups in total. The molecule has 2 heterocycles. The zero-order valence-electron chi connectivity index (χ0n) is 7.90. The maximum atomic E-state index is 11.7. The van der Waals surface area contributed by atoms with Crippen molar-refractivity contribution in [3.63, 3.8) is 0 Å². The lowest BCUT2D eigenvalue weighted by Crippen LogP contribution is -2.28. The Kier molecular flexibility index (Phi) is 2.67. The Labute approximate surface area is 86.7 Å². The van der Waals surface area contributed by atoms with E-state index in [1.807, 2.05) is 4.90 Å². The summed E-state index contributed by atoms with van der Waals surface area (Å²) in [7, 11) is 0. The molecule has 0 spiro atoms. The number of carbonyl (C=O) groups excluding carboxylic acids is 1. The maximum Gasteiger partial charge on any atom is 0.227 e. The minimum Gasteiger partial charge on any atom is -0.375 e. The monoisotopic (exact) mass is 211 g/mol. The van der Waals surface area contributed by atoms with Gasteiger partial charge in [0.2, 0.25) is 5.91 Å². The highest BCUT2D eigenvalue weighted by Crippen LogP contribution is 2.17. The van der Waals surface area contributed by atoms with Crippen LogP contribution in [-0.2, 0) is 11.2 Å². The van der Waals surface area contributed by atoms with E-state index in [1.165, 1.54) is 11.3 Å². The smallest absolute Gasteiger partial charge is 0.227 e. The number of nitrogens with two attached hydrogens (primary N) is 1. The van der Waals surface area contributed by atoms with E-state index in [9.17, 15) is 4.79 Å². The molecule has 0 unspecified atom stereocenters. The number of aromatic nitrogens is 1. The Morgan fingerprint density at radius 2 is 2.29 bits per heavy atom. The van der Waals surface area contributed by atoms with Crippen LogP contribution < -0.4 is 5.73 Å². The van der Waals surface area contributed by atoms with Crippen molar-refractivity contribution in [3.05, 3.63) is 11.1 Å². The highest BCUT2D eigenvalue weighted by Gasteiger charge is 2.18. The summed E-state index contributed by atoms with van der Waals surface area (Å²) in [6.07, 6.45) is 4.41. The fraction of sp³-hybridized carbons (Fsp3) is 0.556. The fourth-order valence-corrected chi connectivity index (χ4v) is 2.31. The number of amides is 1. The summed E-state index contributed by atoms with van der Waals surface area (Å²) in [5.74, 6) is 0.200. The molecule has 76 valence electrons. The summed E-state index contributed by atoms with van der Waals surface area (Å²) < 4.78 is 0. The van der Waals surface area contributed by atoms with Crippen molar-refractivity contribution in [2.45, 2.75) is 19.3 Å². The van der Waals surface area contributed by atoms with Gasteiger partial charge in [0.15, 0.2) is 5.13 Å². The standard InChI is InChI=1S/C9H13N3OS/c10-9-11-6-7(14-9)5-8(13)12-3-1-2-4-12/h6H,1-5H2,(H2,10,11). The average molecular weight is 211 g/mol. The summed E-state index contributed by atoms with van der Waals surface area (Å²) in [6.45, 7) is 1.82. The molecule has 0 atom stereocenters. The van der Waals surface area contributed by atoms with Crippen LogP contribution in [0.25, 0.3) is 0 Å². The van der Waals surface area contributed by atoms with E-state index in [-0.39, 0.29) is 5.91 Å². The first-order valence-electron chi connectivity index (χ1n) is 4.73. The summed E-state index contributed by atoms with van der Waals surface area (Å²) in [5, 5.41) is 0.536. The van der Waals surface area contributed by atoms with Gasteiger partial charge in [0.05, 0.1) is 6.42 Å². The molecule has 0 radical (unpaired) electrons. The van der Waals surface area contributed by atoms with Crippen LogP contribution >= 0.6 is 11.3 Å². The number of likely N-dealkylation sites (tertiary alicyclic amines) is 1. The molecule has 0 aliphatic carbocycles. The molecule has 0 aromatic carbocycles. The Balaban J connectivity index is 1.93. The van der Waals surface area contributed by atoms with Crippen LogP contribution in [0.5, 0.6) is 0 Å². The van der Waals surface area contributed by atoms with Crippen molar-refractivity contribution >= 4 is 22.4 Å². The van der Waals surface area contributed by atoms with Crippen molar-refractivity contribution in [1.29, 1.82) is 0 Å². The van der Waals surface area contributed by atoms with Gasteiger partial charge in [-0.05, 0) is 12.8 Å². The molecule has 1 fully saturated rings. The number of nitrogens with zero attached hydrogens (tertiary/aromatic N) is 2. The molecule has 14 heavy (non-hydrogen) atoms. The first-order valence-corrected chi connectivity index (χ1v) is 5.55. The topological polar surface area (TPSA) is 59.2 Å². The first kappa shape index (κ1) is 9.45. The highest BCUT2D eigenvalue weighted by molar-refractivity contribution is 7.15. The van der Waals surface area contributed by atoms with Gasteiger partial charge in [0.25, 0.3) is 0 Å². The molecule has 1 aliphatic rings. The number of rotatable bonds is 2. The second kappa shape index (κ2) is 3.96. The molecule has 1 saturated heterocycles. The van der Waals surface area contributed by atoms with Crippen LogP contribution in [0.4, 0.5) is 5.13 Å². The largest absolute Gasteiger partial charge is 0.375 e. The van der Waals surface area contributed by atoms with Crippen LogP contribution in [0.1, 0.15) is 17.7 Å². The number of hydrogen-bond acceptors (Lipinski definition) is 4. The summed E-state index contributed by atoms with van der Waals surface area (Å²) in [4.78, 5) is 18.5. The van der Waals surface area contributed by atoms with Gasteiger partial charge in [-0.2, -0.15) is 0 Å². The van der Waals surface area contributed by atoms with Gasteiger partial charge in [0, 0.05) is 24.2 Å². The van der Waals surface area contributed by atoms with Crippen LogP contribution in [0.2, 0.25) is 0 Å². The van der Waals surface area contributed by atoms with E-state index < -0.39 is 0 Å². The number of thiazole rings is 1. The fourth-order valence-electron chi connectivity index (χ4n) is 1.63. The minimum absolute atomic E-state index is 0.200. The third-order valence-electron chi connectivity index (χ3n) is 2.36. The van der Waals surface area contributed by atoms with Crippen LogP contribution in [0, 0.1) is 0 Å². The number of carbonyl (C=O) groups is 1. The predicted octanol–water partition coefficient (Wildman–Crippen LogP) is 0.890. The Morgan fingerprint density at radius 3 is 2.86 bits per heavy atom. The molecule has 1 aromatic rings.